The van der Waals surface area contributed by atoms with Crippen molar-refractivity contribution in [3.63, 3.8) is 0 Å². The van der Waals surface area contributed by atoms with Gasteiger partial charge in [-0.1, -0.05) is 42.5 Å². The largest absolute Gasteiger partial charge is 0.459 e. The smallest absolute Gasteiger partial charge is 0.414 e. The van der Waals surface area contributed by atoms with Gasteiger partial charge in [-0.2, -0.15) is 0 Å². The fourth-order valence-electron chi connectivity index (χ4n) is 3.48. The van der Waals surface area contributed by atoms with Crippen LogP contribution in [0.15, 0.2) is 59.6 Å². The molecule has 2 aromatic carbocycles. The third kappa shape index (κ3) is 15.0. The summed E-state index contributed by atoms with van der Waals surface area (Å²) in [5, 5.41) is 7.44. The highest BCUT2D eigenvalue weighted by Crippen LogP contribution is 2.17. The number of benzene rings is 2. The third-order valence-electron chi connectivity index (χ3n) is 5.03. The maximum absolute atomic E-state index is 13.1. The quantitative estimate of drug-likeness (QED) is 0.151. The van der Waals surface area contributed by atoms with Gasteiger partial charge in [0.2, 0.25) is 5.96 Å². The van der Waals surface area contributed by atoms with Crippen molar-refractivity contribution in [2.75, 3.05) is 0 Å². The molecule has 0 heterocycles. The number of amides is 3. The molecule has 0 aliphatic rings. The fraction of sp³-hybridized carbons (Fsp3) is 0.469. The van der Waals surface area contributed by atoms with Gasteiger partial charge in [-0.3, -0.25) is 10.6 Å². The number of aliphatic imine (C=N–C) groups is 1. The number of hydrogen-bond acceptors (Lipinski definition) is 9. The Morgan fingerprint density at radius 2 is 1.18 bits per heavy atom. The molecule has 0 saturated carbocycles. The van der Waals surface area contributed by atoms with Crippen molar-refractivity contribution >= 4 is 35.9 Å². The lowest BCUT2D eigenvalue weighted by molar-refractivity contribution is -0.147. The molecule has 240 valence electrons. The van der Waals surface area contributed by atoms with Gasteiger partial charge in [-0.05, 0) is 85.6 Å². The van der Waals surface area contributed by atoms with E-state index in [1.54, 1.807) is 86.6 Å². The highest BCUT2D eigenvalue weighted by Gasteiger charge is 2.26. The second-order valence-electron chi connectivity index (χ2n) is 12.9. The molecule has 3 N–H and O–H groups in total. The van der Waals surface area contributed by atoms with Crippen LogP contribution in [0.2, 0.25) is 0 Å². The molecule has 2 rings (SSSR count). The highest BCUT2D eigenvalue weighted by molar-refractivity contribution is 6.02. The van der Waals surface area contributed by atoms with Gasteiger partial charge in [0.1, 0.15) is 29.5 Å². The lowest BCUT2D eigenvalue weighted by atomic mass is 10.1. The van der Waals surface area contributed by atoms with Crippen LogP contribution < -0.4 is 16.0 Å². The number of esters is 1. The van der Waals surface area contributed by atoms with E-state index in [0.717, 1.165) is 5.56 Å². The van der Waals surface area contributed by atoms with Crippen LogP contribution in [0.5, 0.6) is 0 Å². The molecule has 0 saturated heterocycles. The molecule has 3 amide bonds. The first-order chi connectivity index (χ1) is 20.3. The van der Waals surface area contributed by atoms with Gasteiger partial charge < -0.3 is 24.3 Å². The zero-order valence-corrected chi connectivity index (χ0v) is 26.9. The Labute approximate surface area is 258 Å². The molecule has 0 aliphatic carbocycles. The number of hydrogen-bond donors (Lipinski definition) is 3. The monoisotopic (exact) mass is 612 g/mol. The van der Waals surface area contributed by atoms with Crippen LogP contribution in [-0.2, 0) is 36.8 Å². The molecule has 0 aromatic heterocycles. The number of carbonyl (C=O) groups excluding carboxylic acids is 4. The number of rotatable bonds is 7. The Kier molecular flexibility index (Phi) is 12.3. The molecular formula is C32H44N4O8. The molecule has 0 fully saturated rings. The van der Waals surface area contributed by atoms with Crippen LogP contribution >= 0.6 is 0 Å². The molecule has 0 aliphatic heterocycles. The average molecular weight is 613 g/mol. The van der Waals surface area contributed by atoms with E-state index < -0.39 is 47.1 Å². The molecular weight excluding hydrogens is 568 g/mol. The Hall–Kier alpha value is -4.61. The lowest BCUT2D eigenvalue weighted by Crippen LogP contribution is -2.47. The molecule has 1 atom stereocenters. The minimum Gasteiger partial charge on any atom is -0.459 e. The van der Waals surface area contributed by atoms with Crippen molar-refractivity contribution in [1.29, 1.82) is 0 Å². The van der Waals surface area contributed by atoms with Crippen molar-refractivity contribution < 1.29 is 38.1 Å². The van der Waals surface area contributed by atoms with Crippen LogP contribution in [-0.4, -0.2) is 53.1 Å². The Balaban J connectivity index is 2.21. The summed E-state index contributed by atoms with van der Waals surface area (Å²) in [5.74, 6) is -0.889. The third-order valence-corrected chi connectivity index (χ3v) is 5.03. The van der Waals surface area contributed by atoms with E-state index in [1.165, 1.54) is 0 Å². The molecule has 12 heteroatoms. The molecule has 2 aromatic rings. The van der Waals surface area contributed by atoms with Crippen LogP contribution in [0.4, 0.5) is 20.1 Å². The van der Waals surface area contributed by atoms with E-state index >= 15 is 0 Å². The van der Waals surface area contributed by atoms with Gasteiger partial charge >= 0.3 is 24.2 Å². The average Bonchev–Trinajstić information content (AvgIpc) is 2.84. The van der Waals surface area contributed by atoms with Crippen LogP contribution in [0, 0.1) is 0 Å². The summed E-state index contributed by atoms with van der Waals surface area (Å²) in [4.78, 5) is 54.7. The molecule has 0 bridgehead atoms. The zero-order chi connectivity index (χ0) is 33.1. The first-order valence-corrected chi connectivity index (χ1v) is 14.2. The maximum atomic E-state index is 13.1. The summed E-state index contributed by atoms with van der Waals surface area (Å²) in [6, 6.07) is 14.8. The Morgan fingerprint density at radius 1 is 0.682 bits per heavy atom. The molecule has 12 nitrogen and oxygen atoms in total. The first kappa shape index (κ1) is 35.6. The van der Waals surface area contributed by atoms with E-state index in [9.17, 15) is 19.2 Å². The highest BCUT2D eigenvalue weighted by atomic mass is 16.6. The van der Waals surface area contributed by atoms with Crippen molar-refractivity contribution in [2.24, 2.45) is 4.99 Å². The Bertz CT molecular complexity index is 1290. The summed E-state index contributed by atoms with van der Waals surface area (Å²) < 4.78 is 21.4. The van der Waals surface area contributed by atoms with E-state index in [-0.39, 0.29) is 19.0 Å². The Morgan fingerprint density at radius 3 is 1.70 bits per heavy atom. The molecule has 44 heavy (non-hydrogen) atoms. The van der Waals surface area contributed by atoms with Gasteiger partial charge in [0.25, 0.3) is 0 Å². The predicted molar refractivity (Wildman–Crippen MR) is 165 cm³/mol. The van der Waals surface area contributed by atoms with Crippen LogP contribution in [0.25, 0.3) is 0 Å². The SMILES string of the molecule is CC(C)(C)OC(=O)NC(=Nc1cccc(COC(=O)[C@H](Cc2ccccc2)NC(=O)OC(C)(C)C)c1)NC(=O)OC(C)(C)C. The summed E-state index contributed by atoms with van der Waals surface area (Å²) in [6.07, 6.45) is -2.22. The number of guanidine groups is 1. The summed E-state index contributed by atoms with van der Waals surface area (Å²) >= 11 is 0. The first-order valence-electron chi connectivity index (χ1n) is 14.2. The van der Waals surface area contributed by atoms with E-state index in [1.807, 2.05) is 30.3 Å². The fourth-order valence-corrected chi connectivity index (χ4v) is 3.48. The molecule has 0 unspecified atom stereocenters. The van der Waals surface area contributed by atoms with Crippen molar-refractivity contribution in [2.45, 2.75) is 98.2 Å². The number of nitrogens with zero attached hydrogens (tertiary/aromatic N) is 1. The molecule has 0 spiro atoms. The number of carbonyl (C=O) groups is 4. The van der Waals surface area contributed by atoms with Crippen molar-refractivity contribution in [3.05, 3.63) is 65.7 Å². The van der Waals surface area contributed by atoms with Gasteiger partial charge in [0.05, 0.1) is 5.69 Å². The van der Waals surface area contributed by atoms with Gasteiger partial charge in [-0.25, -0.2) is 24.2 Å². The zero-order valence-electron chi connectivity index (χ0n) is 26.9. The summed E-state index contributed by atoms with van der Waals surface area (Å²) in [6.45, 7) is 15.2. The lowest BCUT2D eigenvalue weighted by Gasteiger charge is -2.23. The normalized spacial score (nSPS) is 12.2. The van der Waals surface area contributed by atoms with E-state index in [0.29, 0.717) is 11.3 Å². The molecule has 0 radical (unpaired) electrons. The topological polar surface area (TPSA) is 154 Å². The van der Waals surface area contributed by atoms with E-state index in [2.05, 4.69) is 20.9 Å². The second-order valence-corrected chi connectivity index (χ2v) is 12.9. The second kappa shape index (κ2) is 15.2. The van der Waals surface area contributed by atoms with Crippen molar-refractivity contribution in [3.8, 4) is 0 Å². The van der Waals surface area contributed by atoms with Gasteiger partial charge in [0, 0.05) is 6.42 Å². The maximum Gasteiger partial charge on any atom is 0.414 e. The number of alkyl carbamates (subject to hydrolysis) is 3. The van der Waals surface area contributed by atoms with Gasteiger partial charge in [0.15, 0.2) is 0 Å². The minimum atomic E-state index is -1.00. The number of nitrogens with one attached hydrogen (secondary N) is 3. The van der Waals surface area contributed by atoms with Gasteiger partial charge in [-0.15, -0.1) is 0 Å². The number of ether oxygens (including phenoxy) is 4. The van der Waals surface area contributed by atoms with Crippen LogP contribution in [0.3, 0.4) is 0 Å². The van der Waals surface area contributed by atoms with E-state index in [4.69, 9.17) is 18.9 Å². The summed E-state index contributed by atoms with van der Waals surface area (Å²) in [5.41, 5.74) is -0.618. The van der Waals surface area contributed by atoms with Crippen LogP contribution in [0.1, 0.15) is 73.4 Å². The predicted octanol–water partition coefficient (Wildman–Crippen LogP) is 5.90. The standard InChI is InChI=1S/C32H44N4O8/c1-30(2,3)42-27(38)34-24(19-21-14-11-10-12-15-21)25(37)41-20-22-16-13-17-23(18-22)33-26(35-28(39)43-31(4,5)6)36-29(40)44-32(7,8)9/h10-18,24H,19-20H2,1-9H3,(H,34,38)(H2,33,35,36,39,40)/t24-/m0/s1. The minimum absolute atomic E-state index is 0.141. The summed E-state index contributed by atoms with van der Waals surface area (Å²) in [7, 11) is 0. The van der Waals surface area contributed by atoms with Crippen molar-refractivity contribution in [1.82, 2.24) is 16.0 Å².